The minimum atomic E-state index is -0.592. The first-order valence-corrected chi connectivity index (χ1v) is 16.3. The first-order valence-electron chi connectivity index (χ1n) is 16.3. The van der Waals surface area contributed by atoms with Crippen LogP contribution in [0, 0.1) is 24.1 Å². The zero-order valence-electron chi connectivity index (χ0n) is 28.1. The smallest absolute Gasteiger partial charge is 0.410 e. The van der Waals surface area contributed by atoms with E-state index in [1.807, 2.05) is 70.2 Å². The summed E-state index contributed by atoms with van der Waals surface area (Å²) in [5.41, 5.74) is 3.24. The van der Waals surface area contributed by atoms with Gasteiger partial charge >= 0.3 is 12.1 Å². The second kappa shape index (κ2) is 12.8. The van der Waals surface area contributed by atoms with Gasteiger partial charge in [-0.25, -0.2) is 14.2 Å². The SMILES string of the molecule is COC[C@H]1N(c2cccc(-c3cccc(C)c3OCc3ccc4c(c3F)CCN(C(=O)OC(C)(C)C)CC4)n2)C[C@@H]2C[C@@]21C(=O)OC. The zero-order chi connectivity index (χ0) is 33.5. The molecule has 0 unspecified atom stereocenters. The molecule has 3 aliphatic rings. The number of anilines is 1. The van der Waals surface area contributed by atoms with E-state index in [0.29, 0.717) is 56.0 Å². The number of amides is 1. The summed E-state index contributed by atoms with van der Waals surface area (Å²) < 4.78 is 38.6. The van der Waals surface area contributed by atoms with Gasteiger partial charge in [-0.1, -0.05) is 30.3 Å². The third kappa shape index (κ3) is 6.27. The minimum absolute atomic E-state index is 0.0395. The number of pyridine rings is 1. The minimum Gasteiger partial charge on any atom is -0.488 e. The maximum absolute atomic E-state index is 16.0. The number of methoxy groups -OCH3 is 2. The molecule has 3 heterocycles. The standard InChI is InChI=1S/C37H44FN3O6/c1-23-9-7-10-28(29-11-8-12-31(39-29)41-20-26-19-37(26,34(42)45-6)30(41)22-44-5)33(23)46-21-25-14-13-24-15-17-40(18-16-27(24)32(25)38)35(43)47-36(2,3)4/h7-14,26,30H,15-22H2,1-6H3/t26-,30+,37+/m0/s1. The maximum atomic E-state index is 16.0. The molecule has 47 heavy (non-hydrogen) atoms. The van der Waals surface area contributed by atoms with Crippen molar-refractivity contribution in [2.75, 3.05) is 45.4 Å². The van der Waals surface area contributed by atoms with Crippen LogP contribution in [0.1, 0.15) is 49.4 Å². The van der Waals surface area contributed by atoms with Crippen molar-refractivity contribution >= 4 is 17.9 Å². The molecular weight excluding hydrogens is 601 g/mol. The lowest BCUT2D eigenvalue weighted by atomic mass is 9.96. The number of halogens is 1. The highest BCUT2D eigenvalue weighted by Crippen LogP contribution is 2.62. The average Bonchev–Trinajstić information content (AvgIpc) is 3.74. The average molecular weight is 646 g/mol. The van der Waals surface area contributed by atoms with Gasteiger partial charge < -0.3 is 28.7 Å². The number of fused-ring (bicyclic) bond motifs is 2. The van der Waals surface area contributed by atoms with Crippen molar-refractivity contribution in [3.63, 3.8) is 0 Å². The summed E-state index contributed by atoms with van der Waals surface area (Å²) in [6.45, 7) is 9.47. The number of hydrogen-bond donors (Lipinski definition) is 0. The molecule has 0 bridgehead atoms. The van der Waals surface area contributed by atoms with E-state index in [-0.39, 0.29) is 36.4 Å². The monoisotopic (exact) mass is 645 g/mol. The lowest BCUT2D eigenvalue weighted by Crippen LogP contribution is -2.44. The molecule has 0 radical (unpaired) electrons. The first kappa shape index (κ1) is 32.7. The fourth-order valence-corrected chi connectivity index (χ4v) is 7.23. The molecule has 1 saturated heterocycles. The highest BCUT2D eigenvalue weighted by atomic mass is 19.1. The normalized spacial score (nSPS) is 21.9. The van der Waals surface area contributed by atoms with E-state index in [2.05, 4.69) is 4.90 Å². The molecule has 0 N–H and O–H groups in total. The number of para-hydroxylation sites is 1. The van der Waals surface area contributed by atoms with Crippen LogP contribution in [0.15, 0.2) is 48.5 Å². The first-order chi connectivity index (χ1) is 22.5. The number of ether oxygens (including phenoxy) is 4. The fourth-order valence-electron chi connectivity index (χ4n) is 7.23. The summed E-state index contributed by atoms with van der Waals surface area (Å²) in [7, 11) is 3.08. The molecule has 9 nitrogen and oxygen atoms in total. The summed E-state index contributed by atoms with van der Waals surface area (Å²) in [6, 6.07) is 15.3. The molecule has 2 fully saturated rings. The quantitative estimate of drug-likeness (QED) is 0.271. The van der Waals surface area contributed by atoms with E-state index < -0.39 is 11.0 Å². The molecule has 250 valence electrons. The molecular formula is C37H44FN3O6. The Hall–Kier alpha value is -4.18. The Balaban J connectivity index is 1.21. The van der Waals surface area contributed by atoms with Crippen LogP contribution < -0.4 is 9.64 Å². The fraction of sp³-hybridized carbons (Fsp3) is 0.486. The van der Waals surface area contributed by atoms with Gasteiger partial charge in [0.25, 0.3) is 0 Å². The van der Waals surface area contributed by atoms with Crippen LogP contribution in [0.4, 0.5) is 15.0 Å². The van der Waals surface area contributed by atoms with Gasteiger partial charge in [0, 0.05) is 37.9 Å². The van der Waals surface area contributed by atoms with E-state index in [1.54, 1.807) is 18.1 Å². The number of esters is 1. The predicted molar refractivity (Wildman–Crippen MR) is 176 cm³/mol. The number of aryl methyl sites for hydroxylation is 1. The number of benzene rings is 2. The lowest BCUT2D eigenvalue weighted by molar-refractivity contribution is -0.148. The second-order valence-corrected chi connectivity index (χ2v) is 13.8. The Kier molecular flexibility index (Phi) is 8.91. The molecule has 1 aromatic heterocycles. The molecule has 1 saturated carbocycles. The molecule has 2 aliphatic heterocycles. The van der Waals surface area contributed by atoms with Gasteiger partial charge in [-0.3, -0.25) is 4.79 Å². The molecule has 3 aromatic rings. The van der Waals surface area contributed by atoms with Gasteiger partial charge in [-0.05, 0) is 87.8 Å². The van der Waals surface area contributed by atoms with E-state index in [4.69, 9.17) is 23.9 Å². The van der Waals surface area contributed by atoms with Crippen molar-refractivity contribution in [1.82, 2.24) is 9.88 Å². The molecule has 3 atom stereocenters. The van der Waals surface area contributed by atoms with Crippen LogP contribution in [-0.2, 0) is 38.5 Å². The van der Waals surface area contributed by atoms with Crippen molar-refractivity contribution in [3.05, 3.63) is 76.6 Å². The Morgan fingerprint density at radius 3 is 2.55 bits per heavy atom. The predicted octanol–water partition coefficient (Wildman–Crippen LogP) is 6.13. The largest absolute Gasteiger partial charge is 0.488 e. The second-order valence-electron chi connectivity index (χ2n) is 13.8. The van der Waals surface area contributed by atoms with E-state index in [1.165, 1.54) is 7.11 Å². The van der Waals surface area contributed by atoms with Crippen molar-refractivity contribution < 1.29 is 32.9 Å². The highest BCUT2D eigenvalue weighted by Gasteiger charge is 2.71. The van der Waals surface area contributed by atoms with Gasteiger partial charge in [-0.2, -0.15) is 0 Å². The Morgan fingerprint density at radius 2 is 1.81 bits per heavy atom. The van der Waals surface area contributed by atoms with Crippen molar-refractivity contribution in [2.45, 2.75) is 65.2 Å². The van der Waals surface area contributed by atoms with Gasteiger partial charge in [0.15, 0.2) is 0 Å². The van der Waals surface area contributed by atoms with E-state index in [9.17, 15) is 9.59 Å². The van der Waals surface area contributed by atoms with Gasteiger partial charge in [0.05, 0.1) is 30.9 Å². The number of piperidine rings is 1. The number of aromatic nitrogens is 1. The summed E-state index contributed by atoms with van der Waals surface area (Å²) in [4.78, 5) is 34.3. The number of carbonyl (C=O) groups is 2. The summed E-state index contributed by atoms with van der Waals surface area (Å²) in [5.74, 6) is 1.11. The van der Waals surface area contributed by atoms with Crippen LogP contribution in [0.25, 0.3) is 11.3 Å². The molecule has 1 amide bonds. The molecule has 2 aromatic carbocycles. The van der Waals surface area contributed by atoms with Crippen LogP contribution in [0.2, 0.25) is 0 Å². The molecule has 0 spiro atoms. The van der Waals surface area contributed by atoms with Gasteiger partial charge in [0.2, 0.25) is 0 Å². The van der Waals surface area contributed by atoms with Gasteiger partial charge in [-0.15, -0.1) is 0 Å². The van der Waals surface area contributed by atoms with Crippen molar-refractivity contribution in [2.24, 2.45) is 11.3 Å². The topological polar surface area (TPSA) is 90.4 Å². The summed E-state index contributed by atoms with van der Waals surface area (Å²) in [6.07, 6.45) is 1.37. The maximum Gasteiger partial charge on any atom is 0.410 e. The van der Waals surface area contributed by atoms with Crippen LogP contribution >= 0.6 is 0 Å². The number of carbonyl (C=O) groups excluding carboxylic acids is 2. The zero-order valence-corrected chi connectivity index (χ0v) is 28.1. The molecule has 1 aliphatic carbocycles. The van der Waals surface area contributed by atoms with E-state index >= 15 is 4.39 Å². The Morgan fingerprint density at radius 1 is 1.04 bits per heavy atom. The Labute approximate surface area is 276 Å². The lowest BCUT2D eigenvalue weighted by Gasteiger charge is -2.31. The summed E-state index contributed by atoms with van der Waals surface area (Å²) in [5, 5.41) is 0. The number of hydrogen-bond acceptors (Lipinski definition) is 8. The number of rotatable bonds is 8. The third-order valence-electron chi connectivity index (χ3n) is 9.67. The van der Waals surface area contributed by atoms with Gasteiger partial charge in [0.1, 0.15) is 29.6 Å². The molecule has 10 heteroatoms. The number of nitrogens with zero attached hydrogens (tertiary/aromatic N) is 3. The van der Waals surface area contributed by atoms with Crippen LogP contribution in [-0.4, -0.2) is 74.1 Å². The third-order valence-corrected chi connectivity index (χ3v) is 9.67. The van der Waals surface area contributed by atoms with E-state index in [0.717, 1.165) is 34.6 Å². The van der Waals surface area contributed by atoms with Crippen LogP contribution in [0.3, 0.4) is 0 Å². The van der Waals surface area contributed by atoms with Crippen molar-refractivity contribution in [3.8, 4) is 17.0 Å². The summed E-state index contributed by atoms with van der Waals surface area (Å²) >= 11 is 0. The Bertz CT molecular complexity index is 1670. The molecule has 6 rings (SSSR count). The highest BCUT2D eigenvalue weighted by molar-refractivity contribution is 5.84. The van der Waals surface area contributed by atoms with Crippen LogP contribution in [0.5, 0.6) is 5.75 Å². The van der Waals surface area contributed by atoms with Crippen molar-refractivity contribution in [1.29, 1.82) is 0 Å².